The molecule has 0 aliphatic heterocycles. The highest BCUT2D eigenvalue weighted by Crippen LogP contribution is 2.20. The van der Waals surface area contributed by atoms with Gasteiger partial charge < -0.3 is 0 Å². The highest BCUT2D eigenvalue weighted by atomic mass is 14.1. The summed E-state index contributed by atoms with van der Waals surface area (Å²) in [5, 5.41) is 0. The summed E-state index contributed by atoms with van der Waals surface area (Å²) in [5.41, 5.74) is 2.90. The van der Waals surface area contributed by atoms with Crippen LogP contribution in [0.1, 0.15) is 45.6 Å². The van der Waals surface area contributed by atoms with Crippen molar-refractivity contribution in [3.8, 4) is 0 Å². The Labute approximate surface area is 94.0 Å². The molecule has 0 saturated carbocycles. The molecular formula is C15H22. The fourth-order valence-corrected chi connectivity index (χ4v) is 1.99. The molecule has 1 rings (SSSR count). The molecule has 1 aromatic rings. The van der Waals surface area contributed by atoms with Crippen molar-refractivity contribution in [1.29, 1.82) is 0 Å². The van der Waals surface area contributed by atoms with E-state index in [1.807, 2.05) is 0 Å². The van der Waals surface area contributed by atoms with Gasteiger partial charge in [-0.05, 0) is 30.7 Å². The molecule has 0 nitrogen and oxygen atoms in total. The van der Waals surface area contributed by atoms with Crippen LogP contribution in [0.15, 0.2) is 42.0 Å². The van der Waals surface area contributed by atoms with Gasteiger partial charge in [-0.1, -0.05) is 62.8 Å². The molecule has 82 valence electrons. The van der Waals surface area contributed by atoms with Crippen molar-refractivity contribution >= 4 is 0 Å². The highest BCUT2D eigenvalue weighted by Gasteiger charge is 2.02. The van der Waals surface area contributed by atoms with E-state index in [1.165, 1.54) is 17.6 Å². The summed E-state index contributed by atoms with van der Waals surface area (Å²) < 4.78 is 0. The summed E-state index contributed by atoms with van der Waals surface area (Å²) in [6, 6.07) is 10.7. The Morgan fingerprint density at radius 1 is 1.13 bits per heavy atom. The number of allylic oxidation sites excluding steroid dienone is 2. The lowest BCUT2D eigenvalue weighted by atomic mass is 9.95. The molecule has 0 bridgehead atoms. The Bertz CT molecular complexity index is 306. The van der Waals surface area contributed by atoms with Gasteiger partial charge in [-0.2, -0.15) is 0 Å². The Morgan fingerprint density at radius 3 is 2.27 bits per heavy atom. The summed E-state index contributed by atoms with van der Waals surface area (Å²) in [4.78, 5) is 0. The van der Waals surface area contributed by atoms with Crippen molar-refractivity contribution in [2.75, 3.05) is 0 Å². The van der Waals surface area contributed by atoms with Crippen LogP contribution in [0.2, 0.25) is 0 Å². The molecule has 1 atom stereocenters. The fourth-order valence-electron chi connectivity index (χ4n) is 1.99. The SMILES string of the molecule is CC(=CC(C)c1ccccc1)CC(C)C. The maximum Gasteiger partial charge on any atom is -0.000787 e. The standard InChI is InChI=1S/C15H22/c1-12(2)10-13(3)11-14(4)15-8-6-5-7-9-15/h5-9,11-12,14H,10H2,1-4H3. The van der Waals surface area contributed by atoms with E-state index in [0.717, 1.165) is 5.92 Å². The molecule has 0 spiro atoms. The second-order valence-corrected chi connectivity index (χ2v) is 4.81. The van der Waals surface area contributed by atoms with Crippen LogP contribution in [-0.4, -0.2) is 0 Å². The van der Waals surface area contributed by atoms with Crippen molar-refractivity contribution in [2.24, 2.45) is 5.92 Å². The third-order valence-corrected chi connectivity index (χ3v) is 2.59. The number of rotatable bonds is 4. The summed E-state index contributed by atoms with van der Waals surface area (Å²) in [6.07, 6.45) is 3.59. The lowest BCUT2D eigenvalue weighted by molar-refractivity contribution is 0.639. The minimum Gasteiger partial charge on any atom is -0.0784 e. The molecule has 0 aliphatic rings. The number of hydrogen-bond donors (Lipinski definition) is 0. The first-order valence-corrected chi connectivity index (χ1v) is 5.82. The van der Waals surface area contributed by atoms with Crippen LogP contribution >= 0.6 is 0 Å². The third kappa shape index (κ3) is 4.33. The monoisotopic (exact) mass is 202 g/mol. The lowest BCUT2D eigenvalue weighted by Gasteiger charge is -2.10. The van der Waals surface area contributed by atoms with Crippen LogP contribution in [0.4, 0.5) is 0 Å². The third-order valence-electron chi connectivity index (χ3n) is 2.59. The molecular weight excluding hydrogens is 180 g/mol. The van der Waals surface area contributed by atoms with Crippen LogP contribution in [-0.2, 0) is 0 Å². The van der Waals surface area contributed by atoms with Crippen molar-refractivity contribution in [1.82, 2.24) is 0 Å². The number of hydrogen-bond acceptors (Lipinski definition) is 0. The zero-order valence-corrected chi connectivity index (χ0v) is 10.3. The first-order valence-electron chi connectivity index (χ1n) is 5.82. The van der Waals surface area contributed by atoms with Crippen molar-refractivity contribution in [3.63, 3.8) is 0 Å². The zero-order valence-electron chi connectivity index (χ0n) is 10.3. The first kappa shape index (κ1) is 12.0. The average molecular weight is 202 g/mol. The fraction of sp³-hybridized carbons (Fsp3) is 0.467. The van der Waals surface area contributed by atoms with Gasteiger partial charge >= 0.3 is 0 Å². The van der Waals surface area contributed by atoms with E-state index < -0.39 is 0 Å². The molecule has 1 aromatic carbocycles. The van der Waals surface area contributed by atoms with E-state index in [0.29, 0.717) is 5.92 Å². The maximum absolute atomic E-state index is 2.38. The van der Waals surface area contributed by atoms with Gasteiger partial charge in [0.25, 0.3) is 0 Å². The van der Waals surface area contributed by atoms with Crippen molar-refractivity contribution < 1.29 is 0 Å². The molecule has 15 heavy (non-hydrogen) atoms. The molecule has 0 amide bonds. The van der Waals surface area contributed by atoms with Crippen LogP contribution in [0.25, 0.3) is 0 Å². The Balaban J connectivity index is 2.66. The molecule has 0 aliphatic carbocycles. The summed E-state index contributed by atoms with van der Waals surface area (Å²) in [7, 11) is 0. The molecule has 0 fully saturated rings. The van der Waals surface area contributed by atoms with Gasteiger partial charge in [0.1, 0.15) is 0 Å². The topological polar surface area (TPSA) is 0 Å². The maximum atomic E-state index is 2.38. The van der Waals surface area contributed by atoms with Crippen LogP contribution in [0, 0.1) is 5.92 Å². The molecule has 0 N–H and O–H groups in total. The van der Waals surface area contributed by atoms with E-state index in [-0.39, 0.29) is 0 Å². The van der Waals surface area contributed by atoms with Crippen LogP contribution in [0.5, 0.6) is 0 Å². The van der Waals surface area contributed by atoms with Gasteiger partial charge in [0, 0.05) is 0 Å². The van der Waals surface area contributed by atoms with E-state index in [9.17, 15) is 0 Å². The molecule has 0 heteroatoms. The molecule has 0 saturated heterocycles. The van der Waals surface area contributed by atoms with Crippen LogP contribution < -0.4 is 0 Å². The van der Waals surface area contributed by atoms with E-state index in [2.05, 4.69) is 64.1 Å². The summed E-state index contributed by atoms with van der Waals surface area (Å²) in [5.74, 6) is 1.29. The second kappa shape index (κ2) is 5.75. The van der Waals surface area contributed by atoms with Crippen molar-refractivity contribution in [2.45, 2.75) is 40.0 Å². The minimum absolute atomic E-state index is 0.532. The Hall–Kier alpha value is -1.04. The molecule has 0 radical (unpaired) electrons. The Morgan fingerprint density at radius 2 is 1.73 bits per heavy atom. The van der Waals surface area contributed by atoms with E-state index in [1.54, 1.807) is 0 Å². The van der Waals surface area contributed by atoms with Crippen LogP contribution in [0.3, 0.4) is 0 Å². The molecule has 1 unspecified atom stereocenters. The summed E-state index contributed by atoms with van der Waals surface area (Å²) >= 11 is 0. The zero-order chi connectivity index (χ0) is 11.3. The van der Waals surface area contributed by atoms with Gasteiger partial charge in [0.05, 0.1) is 0 Å². The molecule has 0 aromatic heterocycles. The number of benzene rings is 1. The van der Waals surface area contributed by atoms with Gasteiger partial charge in [0.2, 0.25) is 0 Å². The van der Waals surface area contributed by atoms with Gasteiger partial charge in [0.15, 0.2) is 0 Å². The predicted molar refractivity (Wildman–Crippen MR) is 68.1 cm³/mol. The molecule has 0 heterocycles. The highest BCUT2D eigenvalue weighted by molar-refractivity contribution is 5.24. The van der Waals surface area contributed by atoms with Gasteiger partial charge in [-0.15, -0.1) is 0 Å². The predicted octanol–water partition coefficient (Wildman–Crippen LogP) is 4.78. The van der Waals surface area contributed by atoms with Gasteiger partial charge in [-0.3, -0.25) is 0 Å². The smallest absolute Gasteiger partial charge is 0.000787 e. The van der Waals surface area contributed by atoms with E-state index in [4.69, 9.17) is 0 Å². The largest absolute Gasteiger partial charge is 0.0784 e. The van der Waals surface area contributed by atoms with E-state index >= 15 is 0 Å². The summed E-state index contributed by atoms with van der Waals surface area (Å²) in [6.45, 7) is 9.04. The van der Waals surface area contributed by atoms with Gasteiger partial charge in [-0.25, -0.2) is 0 Å². The Kier molecular flexibility index (Phi) is 4.61. The first-order chi connectivity index (χ1) is 7.09. The average Bonchev–Trinajstić information content (AvgIpc) is 2.17. The van der Waals surface area contributed by atoms with Crippen molar-refractivity contribution in [3.05, 3.63) is 47.5 Å². The lowest BCUT2D eigenvalue weighted by Crippen LogP contribution is -1.93. The second-order valence-electron chi connectivity index (χ2n) is 4.81. The quantitative estimate of drug-likeness (QED) is 0.616. The minimum atomic E-state index is 0.532. The normalized spacial score (nSPS) is 14.3.